The van der Waals surface area contributed by atoms with Gasteiger partial charge in [0, 0.05) is 27.4 Å². The first kappa shape index (κ1) is 20.9. The molecule has 1 atom stereocenters. The van der Waals surface area contributed by atoms with Crippen molar-refractivity contribution in [1.82, 2.24) is 0 Å². The van der Waals surface area contributed by atoms with Crippen molar-refractivity contribution in [2.24, 2.45) is 0 Å². The molecule has 0 aromatic carbocycles. The van der Waals surface area contributed by atoms with E-state index in [4.69, 9.17) is 18.0 Å². The van der Waals surface area contributed by atoms with Gasteiger partial charge >= 0.3 is 14.8 Å². The summed E-state index contributed by atoms with van der Waals surface area (Å²) in [7, 11) is 2.17. The fourth-order valence-corrected chi connectivity index (χ4v) is 3.94. The monoisotopic (exact) mass is 338 g/mol. The van der Waals surface area contributed by atoms with Crippen molar-refractivity contribution in [2.45, 2.75) is 56.7 Å². The lowest BCUT2D eigenvalue weighted by Crippen LogP contribution is -2.42. The van der Waals surface area contributed by atoms with E-state index in [1.807, 2.05) is 0 Å². The van der Waals surface area contributed by atoms with Crippen LogP contribution in [0.1, 0.15) is 45.4 Å². The van der Waals surface area contributed by atoms with Crippen LogP contribution < -0.4 is 0 Å². The van der Waals surface area contributed by atoms with Crippen LogP contribution in [-0.2, 0) is 22.8 Å². The first-order chi connectivity index (χ1) is 10.0. The number of unbranched alkanes of at least 4 members (excludes halogenated alkanes) is 3. The molecule has 0 aliphatic rings. The lowest BCUT2D eigenvalue weighted by molar-refractivity contribution is -0.143. The normalized spacial score (nSPS) is 13.2. The lowest BCUT2D eigenvalue weighted by atomic mass is 10.1. The van der Waals surface area contributed by atoms with Gasteiger partial charge < -0.3 is 18.0 Å². The molecule has 0 aromatic heterocycles. The van der Waals surface area contributed by atoms with Crippen molar-refractivity contribution in [3.05, 3.63) is 0 Å². The third kappa shape index (κ3) is 8.82. The zero-order valence-corrected chi connectivity index (χ0v) is 15.6. The topological polar surface area (TPSA) is 54.0 Å². The Labute approximate surface area is 135 Å². The predicted molar refractivity (Wildman–Crippen MR) is 88.7 cm³/mol. The maximum Gasteiger partial charge on any atom is 0.500 e. The smallest absolute Gasteiger partial charge is 0.465 e. The van der Waals surface area contributed by atoms with Crippen LogP contribution in [-0.4, -0.2) is 48.0 Å². The fraction of sp³-hybridized carbons (Fsp3) is 0.929. The van der Waals surface area contributed by atoms with Crippen molar-refractivity contribution in [3.8, 4) is 0 Å². The summed E-state index contributed by atoms with van der Waals surface area (Å²) >= 11 is 4.30. The number of hydrogen-bond donors (Lipinski definition) is 1. The number of esters is 1. The molecular weight excluding hydrogens is 308 g/mol. The minimum Gasteiger partial charge on any atom is -0.465 e. The number of carbonyl (C=O) groups excluding carboxylic acids is 1. The summed E-state index contributed by atoms with van der Waals surface area (Å²) in [6.07, 6.45) is 5.98. The Bertz CT molecular complexity index is 266. The van der Waals surface area contributed by atoms with Gasteiger partial charge in [-0.3, -0.25) is 4.79 Å². The minimum atomic E-state index is -2.56. The average Bonchev–Trinajstić information content (AvgIpc) is 2.52. The second kappa shape index (κ2) is 12.5. The summed E-state index contributed by atoms with van der Waals surface area (Å²) in [5, 5.41) is -0.323. The molecule has 0 spiro atoms. The number of carbonyl (C=O) groups is 1. The molecule has 0 amide bonds. The SMILES string of the molecule is CCCCCCC(S)C(=O)OCCC[Si](OC)(OC)OC. The highest BCUT2D eigenvalue weighted by Crippen LogP contribution is 2.16. The predicted octanol–water partition coefficient (Wildman–Crippen LogP) is 3.07. The third-order valence-electron chi connectivity index (χ3n) is 3.41. The van der Waals surface area contributed by atoms with E-state index >= 15 is 0 Å². The zero-order chi connectivity index (χ0) is 16.1. The molecule has 0 rings (SSSR count). The number of ether oxygens (including phenoxy) is 1. The Morgan fingerprint density at radius 3 is 2.19 bits per heavy atom. The van der Waals surface area contributed by atoms with Gasteiger partial charge in [0.1, 0.15) is 0 Å². The Kier molecular flexibility index (Phi) is 12.4. The van der Waals surface area contributed by atoms with E-state index in [0.717, 1.165) is 19.3 Å². The van der Waals surface area contributed by atoms with Crippen LogP contribution in [0.15, 0.2) is 0 Å². The number of thiol groups is 1. The minimum absolute atomic E-state index is 0.241. The van der Waals surface area contributed by atoms with Crippen molar-refractivity contribution in [1.29, 1.82) is 0 Å². The van der Waals surface area contributed by atoms with Gasteiger partial charge in [0.05, 0.1) is 11.9 Å². The van der Waals surface area contributed by atoms with Gasteiger partial charge in [-0.1, -0.05) is 32.6 Å². The Morgan fingerprint density at radius 2 is 1.67 bits per heavy atom. The molecule has 0 radical (unpaired) electrons. The molecular formula is C14H30O5SSi. The summed E-state index contributed by atoms with van der Waals surface area (Å²) in [6.45, 7) is 2.51. The van der Waals surface area contributed by atoms with Gasteiger partial charge in [0.15, 0.2) is 0 Å². The quantitative estimate of drug-likeness (QED) is 0.242. The summed E-state index contributed by atoms with van der Waals surface area (Å²) in [4.78, 5) is 11.8. The molecule has 0 heterocycles. The largest absolute Gasteiger partial charge is 0.500 e. The van der Waals surface area contributed by atoms with E-state index < -0.39 is 8.80 Å². The maximum absolute atomic E-state index is 11.8. The molecule has 0 bridgehead atoms. The summed E-state index contributed by atoms with van der Waals surface area (Å²) < 4.78 is 21.1. The van der Waals surface area contributed by atoms with Crippen LogP contribution in [0.4, 0.5) is 0 Å². The standard InChI is InChI=1S/C14H30O5SSi/c1-5-6-7-8-10-13(20)14(15)19-11-9-12-21(16-2,17-3)18-4/h13,20H,5-12H2,1-4H3. The molecule has 0 aliphatic heterocycles. The van der Waals surface area contributed by atoms with Gasteiger partial charge in [0.25, 0.3) is 0 Å². The Hall–Kier alpha value is -0.0831. The van der Waals surface area contributed by atoms with Gasteiger partial charge in [-0.15, -0.1) is 0 Å². The van der Waals surface area contributed by atoms with Crippen LogP contribution in [0.5, 0.6) is 0 Å². The van der Waals surface area contributed by atoms with Crippen molar-refractivity contribution in [3.63, 3.8) is 0 Å². The van der Waals surface area contributed by atoms with E-state index in [2.05, 4.69) is 19.6 Å². The molecule has 5 nitrogen and oxygen atoms in total. The van der Waals surface area contributed by atoms with E-state index in [0.29, 0.717) is 19.1 Å². The number of rotatable bonds is 13. The summed E-state index contributed by atoms with van der Waals surface area (Å²) in [5.41, 5.74) is 0. The highest BCUT2D eigenvalue weighted by molar-refractivity contribution is 7.81. The second-order valence-corrected chi connectivity index (χ2v) is 8.65. The Morgan fingerprint density at radius 1 is 1.05 bits per heavy atom. The van der Waals surface area contributed by atoms with Crippen LogP contribution in [0.25, 0.3) is 0 Å². The van der Waals surface area contributed by atoms with E-state index in [-0.39, 0.29) is 11.2 Å². The van der Waals surface area contributed by atoms with E-state index in [1.165, 1.54) is 12.8 Å². The summed E-state index contributed by atoms with van der Waals surface area (Å²) in [6, 6.07) is 0.623. The first-order valence-corrected chi connectivity index (χ1v) is 10.00. The maximum atomic E-state index is 11.8. The fourth-order valence-electron chi connectivity index (χ4n) is 2.00. The number of hydrogen-bond acceptors (Lipinski definition) is 6. The molecule has 0 fully saturated rings. The molecule has 0 aliphatic carbocycles. The van der Waals surface area contributed by atoms with E-state index in [9.17, 15) is 4.79 Å². The molecule has 126 valence electrons. The van der Waals surface area contributed by atoms with Crippen molar-refractivity contribution in [2.75, 3.05) is 27.9 Å². The molecule has 0 saturated carbocycles. The zero-order valence-electron chi connectivity index (χ0n) is 13.7. The molecule has 7 heteroatoms. The Balaban J connectivity index is 3.82. The highest BCUT2D eigenvalue weighted by Gasteiger charge is 2.37. The second-order valence-electron chi connectivity index (χ2n) is 4.93. The van der Waals surface area contributed by atoms with Crippen LogP contribution in [0, 0.1) is 0 Å². The van der Waals surface area contributed by atoms with E-state index in [1.54, 1.807) is 21.3 Å². The average molecular weight is 339 g/mol. The summed E-state index contributed by atoms with van der Waals surface area (Å²) in [5.74, 6) is -0.241. The van der Waals surface area contributed by atoms with Crippen molar-refractivity contribution < 1.29 is 22.8 Å². The lowest BCUT2D eigenvalue weighted by Gasteiger charge is -2.24. The molecule has 0 aromatic rings. The molecule has 0 N–H and O–H groups in total. The van der Waals surface area contributed by atoms with Gasteiger partial charge in [-0.2, -0.15) is 12.6 Å². The van der Waals surface area contributed by atoms with Gasteiger partial charge in [-0.05, 0) is 12.8 Å². The third-order valence-corrected chi connectivity index (χ3v) is 6.71. The molecule has 0 saturated heterocycles. The highest BCUT2D eigenvalue weighted by atomic mass is 32.1. The van der Waals surface area contributed by atoms with Gasteiger partial charge in [-0.25, -0.2) is 0 Å². The molecule has 21 heavy (non-hydrogen) atoms. The van der Waals surface area contributed by atoms with Crippen LogP contribution in [0.2, 0.25) is 6.04 Å². The van der Waals surface area contributed by atoms with Crippen molar-refractivity contribution >= 4 is 27.4 Å². The van der Waals surface area contributed by atoms with Gasteiger partial charge in [0.2, 0.25) is 0 Å². The molecule has 1 unspecified atom stereocenters. The van der Waals surface area contributed by atoms with Crippen LogP contribution in [0.3, 0.4) is 0 Å². The van der Waals surface area contributed by atoms with Crippen LogP contribution >= 0.6 is 12.6 Å². The first-order valence-electron chi connectivity index (χ1n) is 7.55.